The summed E-state index contributed by atoms with van der Waals surface area (Å²) in [6.45, 7) is 4.61. The van der Waals surface area contributed by atoms with E-state index in [2.05, 4.69) is 6.92 Å². The molecule has 0 bridgehead atoms. The highest BCUT2D eigenvalue weighted by Gasteiger charge is 2.27. The molecule has 0 radical (unpaired) electrons. The van der Waals surface area contributed by atoms with E-state index in [1.54, 1.807) is 20.3 Å². The molecule has 6 nitrogen and oxygen atoms in total. The Hall–Kier alpha value is -3.28. The molecule has 0 unspecified atom stereocenters. The van der Waals surface area contributed by atoms with Crippen LogP contribution in [0, 0.1) is 13.8 Å². The van der Waals surface area contributed by atoms with Crippen LogP contribution in [0.3, 0.4) is 0 Å². The Bertz CT molecular complexity index is 1210. The first-order chi connectivity index (χ1) is 14.9. The number of hydrogen-bond donors (Lipinski definition) is 0. The molecular weight excluding hydrogens is 394 g/mol. The van der Waals surface area contributed by atoms with E-state index in [-0.39, 0.29) is 12.3 Å². The average molecular weight is 421 g/mol. The first kappa shape index (κ1) is 21.0. The van der Waals surface area contributed by atoms with E-state index >= 15 is 0 Å². The maximum absolute atomic E-state index is 13.2. The number of fused-ring (bicyclic) bond motifs is 2. The zero-order valence-corrected chi connectivity index (χ0v) is 18.4. The Kier molecular flexibility index (Phi) is 5.72. The maximum atomic E-state index is 13.2. The third-order valence-corrected chi connectivity index (χ3v) is 6.16. The lowest BCUT2D eigenvalue weighted by Gasteiger charge is -2.32. The van der Waals surface area contributed by atoms with Crippen molar-refractivity contribution in [2.45, 2.75) is 39.5 Å². The summed E-state index contributed by atoms with van der Waals surface area (Å²) in [5.41, 5.74) is 4.66. The summed E-state index contributed by atoms with van der Waals surface area (Å²) in [4.78, 5) is 27.7. The minimum absolute atomic E-state index is 0.0153. The van der Waals surface area contributed by atoms with Crippen molar-refractivity contribution in [3.63, 3.8) is 0 Å². The van der Waals surface area contributed by atoms with Gasteiger partial charge in [-0.2, -0.15) is 0 Å². The van der Waals surface area contributed by atoms with Crippen molar-refractivity contribution < 1.29 is 18.7 Å². The van der Waals surface area contributed by atoms with Gasteiger partial charge in [-0.05, 0) is 68.0 Å². The van der Waals surface area contributed by atoms with E-state index < -0.39 is 5.63 Å². The highest BCUT2D eigenvalue weighted by atomic mass is 16.5. The van der Waals surface area contributed by atoms with E-state index in [0.29, 0.717) is 35.6 Å². The van der Waals surface area contributed by atoms with Gasteiger partial charge in [0.1, 0.15) is 17.1 Å². The Morgan fingerprint density at radius 1 is 1.13 bits per heavy atom. The highest BCUT2D eigenvalue weighted by molar-refractivity contribution is 5.96. The second-order valence-corrected chi connectivity index (χ2v) is 7.92. The fourth-order valence-electron chi connectivity index (χ4n) is 4.42. The summed E-state index contributed by atoms with van der Waals surface area (Å²) in [7, 11) is 3.20. The summed E-state index contributed by atoms with van der Waals surface area (Å²) in [5.74, 6) is 1.33. The molecule has 0 aliphatic carbocycles. The molecular formula is C25H27NO5. The second-order valence-electron chi connectivity index (χ2n) is 7.92. The number of hydrogen-bond acceptors (Lipinski definition) is 5. The Morgan fingerprint density at radius 2 is 1.94 bits per heavy atom. The van der Waals surface area contributed by atoms with Crippen LogP contribution in [-0.4, -0.2) is 26.7 Å². The van der Waals surface area contributed by atoms with Gasteiger partial charge in [-0.1, -0.05) is 6.07 Å². The number of aryl methyl sites for hydroxylation is 2. The van der Waals surface area contributed by atoms with Gasteiger partial charge >= 0.3 is 5.63 Å². The summed E-state index contributed by atoms with van der Waals surface area (Å²) in [6.07, 6.45) is 2.39. The minimum Gasteiger partial charge on any atom is -0.497 e. The largest absolute Gasteiger partial charge is 0.497 e. The first-order valence-electron chi connectivity index (χ1n) is 10.5. The molecule has 0 spiro atoms. The number of amides is 1. The molecule has 1 aliphatic heterocycles. The predicted octanol–water partition coefficient (Wildman–Crippen LogP) is 4.34. The topological polar surface area (TPSA) is 69.0 Å². The third-order valence-electron chi connectivity index (χ3n) is 6.16. The van der Waals surface area contributed by atoms with E-state index in [4.69, 9.17) is 13.9 Å². The Balaban J connectivity index is 1.62. The molecule has 2 heterocycles. The number of methoxy groups -OCH3 is 2. The normalized spacial score (nSPS) is 13.2. The lowest BCUT2D eigenvalue weighted by atomic mass is 9.95. The van der Waals surface area contributed by atoms with Gasteiger partial charge in [-0.3, -0.25) is 4.79 Å². The molecule has 1 aromatic heterocycles. The number of rotatable bonds is 5. The molecule has 1 aliphatic rings. The number of nitrogens with zero attached hydrogens (tertiary/aromatic N) is 1. The molecule has 1 amide bonds. The quantitative estimate of drug-likeness (QED) is 0.573. The zero-order chi connectivity index (χ0) is 22.1. The maximum Gasteiger partial charge on any atom is 0.339 e. The van der Waals surface area contributed by atoms with Crippen LogP contribution < -0.4 is 20.0 Å². The van der Waals surface area contributed by atoms with Crippen LogP contribution in [-0.2, 0) is 17.6 Å². The van der Waals surface area contributed by atoms with Crippen molar-refractivity contribution in [3.8, 4) is 11.5 Å². The van der Waals surface area contributed by atoms with Gasteiger partial charge < -0.3 is 18.8 Å². The van der Waals surface area contributed by atoms with Gasteiger partial charge in [0, 0.05) is 30.0 Å². The number of ether oxygens (including phenoxy) is 2. The molecule has 0 saturated heterocycles. The van der Waals surface area contributed by atoms with Gasteiger partial charge in [0.25, 0.3) is 0 Å². The van der Waals surface area contributed by atoms with Crippen LogP contribution >= 0.6 is 0 Å². The highest BCUT2D eigenvalue weighted by Crippen LogP contribution is 2.38. The number of carbonyl (C=O) groups is 1. The lowest BCUT2D eigenvalue weighted by Crippen LogP contribution is -2.36. The minimum atomic E-state index is -0.404. The van der Waals surface area contributed by atoms with E-state index in [9.17, 15) is 9.59 Å². The molecule has 0 N–H and O–H groups in total. The number of benzene rings is 2. The molecule has 2 aromatic carbocycles. The van der Waals surface area contributed by atoms with Crippen molar-refractivity contribution in [2.24, 2.45) is 0 Å². The Labute approximate surface area is 181 Å². The fraction of sp³-hybridized carbons (Fsp3) is 0.360. The molecule has 0 saturated carbocycles. The summed E-state index contributed by atoms with van der Waals surface area (Å²) in [6, 6.07) is 9.37. The standard InChI is InChI=1S/C25H27NO5/c1-15-7-11-21(30-4)24-18(15)6-5-13-26(24)23(27)12-10-20-16(2)19-9-8-17(29-3)14-22(19)31-25(20)28/h7-9,11,14H,5-6,10,12-13H2,1-4H3. The van der Waals surface area contributed by atoms with Crippen LogP contribution in [0.1, 0.15) is 35.1 Å². The zero-order valence-electron chi connectivity index (χ0n) is 18.4. The fourth-order valence-corrected chi connectivity index (χ4v) is 4.42. The summed E-state index contributed by atoms with van der Waals surface area (Å²) < 4.78 is 16.3. The van der Waals surface area contributed by atoms with Crippen molar-refractivity contribution in [2.75, 3.05) is 25.7 Å². The average Bonchev–Trinajstić information content (AvgIpc) is 2.78. The molecule has 0 fully saturated rings. The van der Waals surface area contributed by atoms with Gasteiger partial charge in [0.05, 0.1) is 19.9 Å². The Morgan fingerprint density at radius 3 is 2.68 bits per heavy atom. The van der Waals surface area contributed by atoms with Gasteiger partial charge in [0.2, 0.25) is 5.91 Å². The predicted molar refractivity (Wildman–Crippen MR) is 120 cm³/mol. The van der Waals surface area contributed by atoms with Crippen molar-refractivity contribution in [3.05, 3.63) is 63.0 Å². The van der Waals surface area contributed by atoms with Crippen LogP contribution in [0.2, 0.25) is 0 Å². The van der Waals surface area contributed by atoms with Crippen molar-refractivity contribution in [1.29, 1.82) is 0 Å². The summed E-state index contributed by atoms with van der Waals surface area (Å²) >= 11 is 0. The molecule has 4 rings (SSSR count). The third kappa shape index (κ3) is 3.78. The van der Waals surface area contributed by atoms with Gasteiger partial charge in [-0.15, -0.1) is 0 Å². The smallest absolute Gasteiger partial charge is 0.339 e. The van der Waals surface area contributed by atoms with Crippen LogP contribution in [0.4, 0.5) is 5.69 Å². The molecule has 6 heteroatoms. The van der Waals surface area contributed by atoms with Crippen molar-refractivity contribution in [1.82, 2.24) is 0 Å². The first-order valence-corrected chi connectivity index (χ1v) is 10.5. The van der Waals surface area contributed by atoms with E-state index in [1.165, 1.54) is 0 Å². The van der Waals surface area contributed by atoms with Crippen LogP contribution in [0.5, 0.6) is 11.5 Å². The van der Waals surface area contributed by atoms with E-state index in [0.717, 1.165) is 40.6 Å². The van der Waals surface area contributed by atoms with E-state index in [1.807, 2.05) is 36.1 Å². The summed E-state index contributed by atoms with van der Waals surface area (Å²) in [5, 5.41) is 0.850. The van der Waals surface area contributed by atoms with Crippen LogP contribution in [0.15, 0.2) is 39.5 Å². The number of anilines is 1. The van der Waals surface area contributed by atoms with Crippen molar-refractivity contribution >= 4 is 22.6 Å². The monoisotopic (exact) mass is 421 g/mol. The number of carbonyl (C=O) groups excluding carboxylic acids is 1. The lowest BCUT2D eigenvalue weighted by molar-refractivity contribution is -0.118. The van der Waals surface area contributed by atoms with Gasteiger partial charge in [0.15, 0.2) is 0 Å². The van der Waals surface area contributed by atoms with Crippen LogP contribution in [0.25, 0.3) is 11.0 Å². The second kappa shape index (κ2) is 8.46. The SMILES string of the molecule is COc1ccc2c(C)c(CCC(=O)N3CCCc4c(C)ccc(OC)c43)c(=O)oc2c1. The van der Waals surface area contributed by atoms with Gasteiger partial charge in [-0.25, -0.2) is 4.79 Å². The molecule has 3 aromatic rings. The molecule has 162 valence electrons. The molecule has 0 atom stereocenters. The molecule has 31 heavy (non-hydrogen) atoms.